The highest BCUT2D eigenvalue weighted by Gasteiger charge is 2.10. The number of rotatable bonds is 5. The van der Waals surface area contributed by atoms with Crippen molar-refractivity contribution in [3.8, 4) is 5.75 Å². The molecule has 110 valence electrons. The minimum Gasteiger partial charge on any atom is -0.497 e. The van der Waals surface area contributed by atoms with E-state index in [1.165, 1.54) is 11.8 Å². The third-order valence-electron chi connectivity index (χ3n) is 2.64. The van der Waals surface area contributed by atoms with Crippen molar-refractivity contribution in [2.75, 3.05) is 18.2 Å². The molecule has 21 heavy (non-hydrogen) atoms. The third-order valence-corrected chi connectivity index (χ3v) is 4.26. The number of hydrogen-bond acceptors (Lipinski definition) is 3. The van der Waals surface area contributed by atoms with Crippen molar-refractivity contribution < 1.29 is 9.53 Å². The van der Waals surface area contributed by atoms with Crippen molar-refractivity contribution in [1.29, 1.82) is 0 Å². The van der Waals surface area contributed by atoms with Crippen molar-refractivity contribution in [2.45, 2.75) is 4.90 Å². The van der Waals surface area contributed by atoms with Gasteiger partial charge in [0.1, 0.15) is 5.75 Å². The number of benzene rings is 2. The van der Waals surface area contributed by atoms with Crippen LogP contribution in [0.1, 0.15) is 0 Å². The molecule has 2 aromatic rings. The molecule has 0 aliphatic heterocycles. The lowest BCUT2D eigenvalue weighted by molar-refractivity contribution is -0.113. The van der Waals surface area contributed by atoms with Crippen LogP contribution in [0.3, 0.4) is 0 Å². The van der Waals surface area contributed by atoms with Crippen LogP contribution in [0.25, 0.3) is 0 Å². The van der Waals surface area contributed by atoms with Crippen LogP contribution >= 0.6 is 35.0 Å². The summed E-state index contributed by atoms with van der Waals surface area (Å²) in [6.45, 7) is 0. The van der Waals surface area contributed by atoms with Gasteiger partial charge in [-0.15, -0.1) is 11.8 Å². The van der Waals surface area contributed by atoms with E-state index >= 15 is 0 Å². The lowest BCUT2D eigenvalue weighted by Crippen LogP contribution is -2.14. The van der Waals surface area contributed by atoms with Gasteiger partial charge in [-0.2, -0.15) is 0 Å². The Labute approximate surface area is 137 Å². The van der Waals surface area contributed by atoms with E-state index < -0.39 is 0 Å². The number of halogens is 2. The quantitative estimate of drug-likeness (QED) is 0.798. The van der Waals surface area contributed by atoms with Gasteiger partial charge < -0.3 is 10.1 Å². The van der Waals surface area contributed by atoms with Gasteiger partial charge >= 0.3 is 0 Å². The van der Waals surface area contributed by atoms with E-state index in [0.29, 0.717) is 15.7 Å². The SMILES string of the molecule is COc1cccc(SCC(=O)Nc2c(Cl)cccc2Cl)c1. The molecule has 0 radical (unpaired) electrons. The fraction of sp³-hybridized carbons (Fsp3) is 0.133. The van der Waals surface area contributed by atoms with Crippen molar-refractivity contribution in [2.24, 2.45) is 0 Å². The van der Waals surface area contributed by atoms with Gasteiger partial charge in [0.15, 0.2) is 0 Å². The Bertz CT molecular complexity index is 629. The first-order valence-corrected chi connectivity index (χ1v) is 7.85. The Morgan fingerprint density at radius 3 is 2.52 bits per heavy atom. The smallest absolute Gasteiger partial charge is 0.234 e. The van der Waals surface area contributed by atoms with E-state index in [1.54, 1.807) is 25.3 Å². The molecule has 0 aliphatic rings. The molecular formula is C15H13Cl2NO2S. The molecule has 0 spiro atoms. The number of para-hydroxylation sites is 1. The number of hydrogen-bond donors (Lipinski definition) is 1. The fourth-order valence-corrected chi connectivity index (χ4v) is 2.87. The van der Waals surface area contributed by atoms with Crippen LogP contribution in [0.15, 0.2) is 47.4 Å². The number of anilines is 1. The maximum atomic E-state index is 12.0. The van der Waals surface area contributed by atoms with Crippen LogP contribution in [-0.4, -0.2) is 18.8 Å². The second kappa shape index (κ2) is 7.59. The van der Waals surface area contributed by atoms with Gasteiger partial charge in [0.25, 0.3) is 0 Å². The summed E-state index contributed by atoms with van der Waals surface area (Å²) in [5.41, 5.74) is 0.442. The van der Waals surface area contributed by atoms with E-state index in [0.717, 1.165) is 10.6 Å². The molecule has 2 rings (SSSR count). The Balaban J connectivity index is 1.96. The number of ether oxygens (including phenoxy) is 1. The van der Waals surface area contributed by atoms with Gasteiger partial charge in [-0.3, -0.25) is 4.79 Å². The molecule has 2 aromatic carbocycles. The first-order chi connectivity index (χ1) is 10.1. The summed E-state index contributed by atoms with van der Waals surface area (Å²) in [6, 6.07) is 12.6. The fourth-order valence-electron chi connectivity index (χ4n) is 1.63. The number of carbonyl (C=O) groups is 1. The minimum absolute atomic E-state index is 0.169. The summed E-state index contributed by atoms with van der Waals surface area (Å²) in [6.07, 6.45) is 0. The summed E-state index contributed by atoms with van der Waals surface area (Å²) in [7, 11) is 1.61. The topological polar surface area (TPSA) is 38.3 Å². The minimum atomic E-state index is -0.169. The maximum Gasteiger partial charge on any atom is 0.234 e. The summed E-state index contributed by atoms with van der Waals surface area (Å²) in [5.74, 6) is 0.849. The van der Waals surface area contributed by atoms with Crippen LogP contribution in [0.2, 0.25) is 10.0 Å². The van der Waals surface area contributed by atoms with Crippen molar-refractivity contribution in [3.05, 3.63) is 52.5 Å². The van der Waals surface area contributed by atoms with Crippen LogP contribution < -0.4 is 10.1 Å². The predicted molar refractivity (Wildman–Crippen MR) is 88.8 cm³/mol. The molecule has 1 N–H and O–H groups in total. The highest BCUT2D eigenvalue weighted by Crippen LogP contribution is 2.30. The van der Waals surface area contributed by atoms with E-state index in [1.807, 2.05) is 24.3 Å². The zero-order valence-electron chi connectivity index (χ0n) is 11.2. The molecule has 0 aromatic heterocycles. The second-order valence-corrected chi connectivity index (χ2v) is 5.98. The normalized spacial score (nSPS) is 10.2. The van der Waals surface area contributed by atoms with Crippen molar-refractivity contribution in [1.82, 2.24) is 0 Å². The third kappa shape index (κ3) is 4.56. The maximum absolute atomic E-state index is 12.0. The lowest BCUT2D eigenvalue weighted by Gasteiger charge is -2.09. The Morgan fingerprint density at radius 2 is 1.86 bits per heavy atom. The molecule has 1 amide bonds. The van der Waals surface area contributed by atoms with Crippen LogP contribution in [0.5, 0.6) is 5.75 Å². The van der Waals surface area contributed by atoms with Crippen molar-refractivity contribution in [3.63, 3.8) is 0 Å². The van der Waals surface area contributed by atoms with Gasteiger partial charge in [-0.05, 0) is 30.3 Å². The van der Waals surface area contributed by atoms with E-state index in [9.17, 15) is 4.79 Å². The average molecular weight is 342 g/mol. The van der Waals surface area contributed by atoms with Gasteiger partial charge in [-0.1, -0.05) is 35.3 Å². The number of nitrogens with one attached hydrogen (secondary N) is 1. The first-order valence-electron chi connectivity index (χ1n) is 6.11. The predicted octanol–water partition coefficient (Wildman–Crippen LogP) is 4.73. The standard InChI is InChI=1S/C15H13Cl2NO2S/c1-20-10-4-2-5-11(8-10)21-9-14(19)18-15-12(16)6-3-7-13(15)17/h2-8H,9H2,1H3,(H,18,19). The van der Waals surface area contributed by atoms with Crippen LogP contribution in [0.4, 0.5) is 5.69 Å². The molecule has 0 saturated heterocycles. The van der Waals surface area contributed by atoms with Gasteiger partial charge in [-0.25, -0.2) is 0 Å². The molecule has 0 heterocycles. The zero-order valence-corrected chi connectivity index (χ0v) is 13.6. The number of amides is 1. The summed E-state index contributed by atoms with van der Waals surface area (Å²) < 4.78 is 5.14. The molecule has 0 fully saturated rings. The molecule has 0 aliphatic carbocycles. The number of methoxy groups -OCH3 is 1. The average Bonchev–Trinajstić information content (AvgIpc) is 2.49. The highest BCUT2D eigenvalue weighted by molar-refractivity contribution is 8.00. The Hall–Kier alpha value is -1.36. The van der Waals surface area contributed by atoms with Gasteiger partial charge in [0.05, 0.1) is 28.6 Å². The molecule has 0 unspecified atom stereocenters. The molecular weight excluding hydrogens is 329 g/mol. The van der Waals surface area contributed by atoms with Crippen LogP contribution in [0, 0.1) is 0 Å². The molecule has 0 bridgehead atoms. The highest BCUT2D eigenvalue weighted by atomic mass is 35.5. The largest absolute Gasteiger partial charge is 0.497 e. The van der Waals surface area contributed by atoms with Gasteiger partial charge in [0.2, 0.25) is 5.91 Å². The second-order valence-electron chi connectivity index (χ2n) is 4.11. The molecule has 0 saturated carbocycles. The summed E-state index contributed by atoms with van der Waals surface area (Å²) in [5, 5.41) is 3.56. The number of thioether (sulfide) groups is 1. The molecule has 3 nitrogen and oxygen atoms in total. The van der Waals surface area contributed by atoms with Crippen molar-refractivity contribution >= 4 is 46.6 Å². The molecule has 6 heteroatoms. The Kier molecular flexibility index (Phi) is 5.79. The van der Waals surface area contributed by atoms with Gasteiger partial charge in [0, 0.05) is 4.90 Å². The summed E-state index contributed by atoms with van der Waals surface area (Å²) >= 11 is 13.4. The van der Waals surface area contributed by atoms with E-state index in [4.69, 9.17) is 27.9 Å². The van der Waals surface area contributed by atoms with E-state index in [2.05, 4.69) is 5.32 Å². The monoisotopic (exact) mass is 341 g/mol. The lowest BCUT2D eigenvalue weighted by atomic mass is 10.3. The summed E-state index contributed by atoms with van der Waals surface area (Å²) in [4.78, 5) is 12.9. The molecule has 0 atom stereocenters. The Morgan fingerprint density at radius 1 is 1.19 bits per heavy atom. The van der Waals surface area contributed by atoms with Crippen LogP contribution in [-0.2, 0) is 4.79 Å². The first kappa shape index (κ1) is 16.0. The number of carbonyl (C=O) groups excluding carboxylic acids is 1. The zero-order chi connectivity index (χ0) is 15.2. The van der Waals surface area contributed by atoms with E-state index in [-0.39, 0.29) is 11.7 Å².